The van der Waals surface area contributed by atoms with Gasteiger partial charge in [0.05, 0.1) is 16.7 Å². The van der Waals surface area contributed by atoms with Gasteiger partial charge in [-0.2, -0.15) is 4.31 Å². The van der Waals surface area contributed by atoms with E-state index in [2.05, 4.69) is 5.32 Å². The summed E-state index contributed by atoms with van der Waals surface area (Å²) in [7, 11) is -3.41. The molecule has 1 saturated heterocycles. The van der Waals surface area contributed by atoms with Crippen molar-refractivity contribution in [2.45, 2.75) is 35.7 Å². The van der Waals surface area contributed by atoms with Gasteiger partial charge in [0.25, 0.3) is 0 Å². The van der Waals surface area contributed by atoms with Gasteiger partial charge in [0.15, 0.2) is 0 Å². The average molecular weight is 449 g/mol. The first kappa shape index (κ1) is 22.7. The van der Waals surface area contributed by atoms with E-state index in [9.17, 15) is 13.2 Å². The molecule has 0 aliphatic carbocycles. The van der Waals surface area contributed by atoms with Crippen LogP contribution >= 0.6 is 11.8 Å². The molecule has 1 aliphatic heterocycles. The van der Waals surface area contributed by atoms with Crippen LogP contribution in [0.2, 0.25) is 0 Å². The van der Waals surface area contributed by atoms with Crippen molar-refractivity contribution >= 4 is 27.7 Å². The Morgan fingerprint density at radius 1 is 1.10 bits per heavy atom. The van der Waals surface area contributed by atoms with Crippen molar-refractivity contribution in [3.8, 4) is 5.75 Å². The highest BCUT2D eigenvalue weighted by Crippen LogP contribution is 2.23. The second-order valence-electron chi connectivity index (χ2n) is 7.16. The average Bonchev–Trinajstić information content (AvgIpc) is 3.32. The van der Waals surface area contributed by atoms with E-state index in [1.807, 2.05) is 37.3 Å². The van der Waals surface area contributed by atoms with Crippen LogP contribution in [0, 0.1) is 0 Å². The SMILES string of the molecule is C[C@H](SCc1ccccc1)C(=O)NCCOc1ccc(S(=O)(=O)N2CCCC2)cc1. The van der Waals surface area contributed by atoms with Crippen LogP contribution in [0.15, 0.2) is 59.5 Å². The van der Waals surface area contributed by atoms with E-state index in [-0.39, 0.29) is 16.1 Å². The van der Waals surface area contributed by atoms with Crippen molar-refractivity contribution in [1.29, 1.82) is 0 Å². The second kappa shape index (κ2) is 10.8. The Bertz CT molecular complexity index is 912. The van der Waals surface area contributed by atoms with E-state index in [1.165, 1.54) is 9.87 Å². The van der Waals surface area contributed by atoms with Gasteiger partial charge in [0, 0.05) is 18.8 Å². The number of ether oxygens (including phenoxy) is 1. The monoisotopic (exact) mass is 448 g/mol. The minimum absolute atomic E-state index is 0.0217. The summed E-state index contributed by atoms with van der Waals surface area (Å²) in [6.45, 7) is 3.77. The van der Waals surface area contributed by atoms with Gasteiger partial charge in [-0.1, -0.05) is 30.3 Å². The van der Waals surface area contributed by atoms with Crippen LogP contribution in [-0.4, -0.2) is 50.1 Å². The van der Waals surface area contributed by atoms with E-state index in [4.69, 9.17) is 4.74 Å². The lowest BCUT2D eigenvalue weighted by Crippen LogP contribution is -2.34. The number of thioether (sulfide) groups is 1. The molecule has 0 spiro atoms. The molecule has 1 heterocycles. The molecule has 0 bridgehead atoms. The lowest BCUT2D eigenvalue weighted by Gasteiger charge is -2.16. The smallest absolute Gasteiger partial charge is 0.243 e. The predicted molar refractivity (Wildman–Crippen MR) is 120 cm³/mol. The lowest BCUT2D eigenvalue weighted by atomic mass is 10.2. The molecule has 0 saturated carbocycles. The zero-order valence-electron chi connectivity index (χ0n) is 17.1. The zero-order valence-corrected chi connectivity index (χ0v) is 18.8. The molecule has 2 aromatic carbocycles. The maximum Gasteiger partial charge on any atom is 0.243 e. The number of carbonyl (C=O) groups excluding carboxylic acids is 1. The van der Waals surface area contributed by atoms with Crippen LogP contribution in [0.4, 0.5) is 0 Å². The first-order valence-electron chi connectivity index (χ1n) is 10.1. The van der Waals surface area contributed by atoms with E-state index in [1.54, 1.807) is 36.0 Å². The van der Waals surface area contributed by atoms with E-state index in [0.29, 0.717) is 32.0 Å². The van der Waals surface area contributed by atoms with Crippen LogP contribution in [0.25, 0.3) is 0 Å². The molecule has 2 aromatic rings. The zero-order chi connectivity index (χ0) is 21.4. The van der Waals surface area contributed by atoms with Crippen molar-refractivity contribution in [1.82, 2.24) is 9.62 Å². The van der Waals surface area contributed by atoms with Crippen LogP contribution in [0.1, 0.15) is 25.3 Å². The topological polar surface area (TPSA) is 75.7 Å². The minimum Gasteiger partial charge on any atom is -0.492 e. The molecule has 1 fully saturated rings. The van der Waals surface area contributed by atoms with Gasteiger partial charge < -0.3 is 10.1 Å². The number of nitrogens with zero attached hydrogens (tertiary/aromatic N) is 1. The van der Waals surface area contributed by atoms with Gasteiger partial charge in [0.1, 0.15) is 12.4 Å². The molecular weight excluding hydrogens is 420 g/mol. The number of rotatable bonds is 10. The Balaban J connectivity index is 1.38. The number of carbonyl (C=O) groups is 1. The highest BCUT2D eigenvalue weighted by Gasteiger charge is 2.26. The summed E-state index contributed by atoms with van der Waals surface area (Å²) in [5.74, 6) is 1.35. The normalized spacial score (nSPS) is 15.6. The molecule has 162 valence electrons. The first-order valence-corrected chi connectivity index (χ1v) is 12.6. The Hall–Kier alpha value is -2.03. The van der Waals surface area contributed by atoms with Crippen LogP contribution in [0.3, 0.4) is 0 Å². The summed E-state index contributed by atoms with van der Waals surface area (Å²) in [5.41, 5.74) is 1.20. The number of nitrogens with one attached hydrogen (secondary N) is 1. The largest absolute Gasteiger partial charge is 0.492 e. The van der Waals surface area contributed by atoms with Crippen molar-refractivity contribution in [3.63, 3.8) is 0 Å². The molecule has 6 nitrogen and oxygen atoms in total. The van der Waals surface area contributed by atoms with Crippen LogP contribution in [0.5, 0.6) is 5.75 Å². The third kappa shape index (κ3) is 6.23. The van der Waals surface area contributed by atoms with Gasteiger partial charge in [-0.3, -0.25) is 4.79 Å². The van der Waals surface area contributed by atoms with E-state index in [0.717, 1.165) is 18.6 Å². The molecule has 1 amide bonds. The third-order valence-electron chi connectivity index (χ3n) is 4.91. The summed E-state index contributed by atoms with van der Waals surface area (Å²) in [6, 6.07) is 16.5. The highest BCUT2D eigenvalue weighted by molar-refractivity contribution is 7.99. The van der Waals surface area contributed by atoms with E-state index >= 15 is 0 Å². The molecule has 8 heteroatoms. The number of benzene rings is 2. The first-order chi connectivity index (χ1) is 14.5. The molecular formula is C22H28N2O4S2. The number of amides is 1. The van der Waals surface area contributed by atoms with Gasteiger partial charge in [0.2, 0.25) is 15.9 Å². The van der Waals surface area contributed by atoms with Gasteiger partial charge in [-0.25, -0.2) is 8.42 Å². The van der Waals surface area contributed by atoms with Gasteiger partial charge in [-0.15, -0.1) is 11.8 Å². The summed E-state index contributed by atoms with van der Waals surface area (Å²) in [4.78, 5) is 12.5. The number of hydrogen-bond donors (Lipinski definition) is 1. The molecule has 3 rings (SSSR count). The molecule has 0 unspecified atom stereocenters. The molecule has 1 aliphatic rings. The maximum absolute atomic E-state index is 12.5. The van der Waals surface area contributed by atoms with Crippen LogP contribution < -0.4 is 10.1 Å². The molecule has 1 N–H and O–H groups in total. The molecule has 1 atom stereocenters. The molecule has 30 heavy (non-hydrogen) atoms. The van der Waals surface area contributed by atoms with E-state index < -0.39 is 10.0 Å². The fourth-order valence-corrected chi connectivity index (χ4v) is 5.53. The Labute approximate surface area is 183 Å². The standard InChI is InChI=1S/C22H28N2O4S2/c1-18(29-17-19-7-3-2-4-8-19)22(25)23-13-16-28-20-9-11-21(12-10-20)30(26,27)24-14-5-6-15-24/h2-4,7-12,18H,5-6,13-17H2,1H3,(H,23,25)/t18-/m0/s1. The van der Waals surface area contributed by atoms with Gasteiger partial charge in [-0.05, 0) is 49.6 Å². The van der Waals surface area contributed by atoms with Crippen molar-refractivity contribution in [2.24, 2.45) is 0 Å². The Morgan fingerprint density at radius 2 is 1.77 bits per heavy atom. The third-order valence-corrected chi connectivity index (χ3v) is 8.04. The highest BCUT2D eigenvalue weighted by atomic mass is 32.2. The number of sulfonamides is 1. The fourth-order valence-electron chi connectivity index (χ4n) is 3.14. The van der Waals surface area contributed by atoms with Gasteiger partial charge >= 0.3 is 0 Å². The molecule has 0 aromatic heterocycles. The number of hydrogen-bond acceptors (Lipinski definition) is 5. The Morgan fingerprint density at radius 3 is 2.43 bits per heavy atom. The van der Waals surface area contributed by atoms with Crippen LogP contribution in [-0.2, 0) is 20.6 Å². The van der Waals surface area contributed by atoms with Crippen molar-refractivity contribution < 1.29 is 17.9 Å². The Kier molecular flexibility index (Phi) is 8.18. The summed E-state index contributed by atoms with van der Waals surface area (Å²) in [6.07, 6.45) is 1.82. The maximum atomic E-state index is 12.5. The lowest BCUT2D eigenvalue weighted by molar-refractivity contribution is -0.120. The summed E-state index contributed by atoms with van der Waals surface area (Å²) in [5, 5.41) is 2.72. The second-order valence-corrected chi connectivity index (χ2v) is 10.4. The fraction of sp³-hybridized carbons (Fsp3) is 0.409. The minimum atomic E-state index is -3.41. The quantitative estimate of drug-likeness (QED) is 0.565. The van der Waals surface area contributed by atoms with Crippen molar-refractivity contribution in [2.75, 3.05) is 26.2 Å². The molecule has 0 radical (unpaired) electrons. The summed E-state index contributed by atoms with van der Waals surface area (Å²) < 4.78 is 32.2. The predicted octanol–water partition coefficient (Wildman–Crippen LogP) is 3.29. The van der Waals surface area contributed by atoms with Crippen molar-refractivity contribution in [3.05, 3.63) is 60.2 Å². The summed E-state index contributed by atoms with van der Waals surface area (Å²) >= 11 is 1.59.